The fourth-order valence-electron chi connectivity index (χ4n) is 2.49. The molecule has 2 heterocycles. The van der Waals surface area contributed by atoms with E-state index in [2.05, 4.69) is 10.3 Å². The van der Waals surface area contributed by atoms with Crippen molar-refractivity contribution < 1.29 is 13.5 Å². The number of nitrogens with one attached hydrogen (secondary N) is 2. The predicted octanol–water partition coefficient (Wildman–Crippen LogP) is 1.60. The summed E-state index contributed by atoms with van der Waals surface area (Å²) in [5.41, 5.74) is 0.935. The van der Waals surface area contributed by atoms with E-state index in [0.717, 1.165) is 17.7 Å². The lowest BCUT2D eigenvalue weighted by atomic mass is 9.96. The zero-order valence-electron chi connectivity index (χ0n) is 10.2. The van der Waals surface area contributed by atoms with Crippen LogP contribution in [0.5, 0.6) is 0 Å². The van der Waals surface area contributed by atoms with Crippen LogP contribution in [0, 0.1) is 11.6 Å². The molecule has 3 rings (SSSR count). The summed E-state index contributed by atoms with van der Waals surface area (Å²) in [6.45, 7) is 0.682. The minimum Gasteiger partial charge on any atom is -0.373 e. The topological polar surface area (TPSA) is 54.1 Å². The molecule has 0 aliphatic carbocycles. The molecule has 1 aromatic carbocycles. The molecule has 0 saturated carbocycles. The van der Waals surface area contributed by atoms with Crippen LogP contribution in [0.25, 0.3) is 10.8 Å². The van der Waals surface area contributed by atoms with Gasteiger partial charge >= 0.3 is 0 Å². The summed E-state index contributed by atoms with van der Waals surface area (Å²) in [6, 6.07) is 1.85. The number of benzene rings is 1. The maximum atomic E-state index is 13.4. The second kappa shape index (κ2) is 4.40. The van der Waals surface area contributed by atoms with Crippen molar-refractivity contribution in [1.29, 1.82) is 0 Å². The molecular weight excluding hydrogens is 254 g/mol. The number of aromatic amines is 1. The molecule has 1 aliphatic rings. The zero-order chi connectivity index (χ0) is 13.6. The molecule has 2 aromatic rings. The molecule has 0 bridgehead atoms. The number of aromatic nitrogens is 1. The molecule has 19 heavy (non-hydrogen) atoms. The van der Waals surface area contributed by atoms with E-state index < -0.39 is 17.2 Å². The van der Waals surface area contributed by atoms with Crippen LogP contribution in [0.15, 0.2) is 16.9 Å². The molecule has 1 atom stereocenters. The van der Waals surface area contributed by atoms with E-state index in [4.69, 9.17) is 4.74 Å². The van der Waals surface area contributed by atoms with Crippen LogP contribution in [-0.4, -0.2) is 18.6 Å². The van der Waals surface area contributed by atoms with E-state index in [1.807, 2.05) is 0 Å². The van der Waals surface area contributed by atoms with Gasteiger partial charge in [0.05, 0.1) is 24.6 Å². The van der Waals surface area contributed by atoms with Crippen molar-refractivity contribution in [2.24, 2.45) is 0 Å². The van der Waals surface area contributed by atoms with Crippen molar-refractivity contribution >= 4 is 10.8 Å². The highest BCUT2D eigenvalue weighted by Gasteiger charge is 2.24. The van der Waals surface area contributed by atoms with Gasteiger partial charge in [-0.3, -0.25) is 4.79 Å². The third kappa shape index (κ3) is 1.84. The average molecular weight is 266 g/mol. The smallest absolute Gasteiger partial charge is 0.256 e. The monoisotopic (exact) mass is 266 g/mol. The van der Waals surface area contributed by atoms with Crippen LogP contribution in [0.2, 0.25) is 0 Å². The third-order valence-electron chi connectivity index (χ3n) is 3.41. The molecule has 0 saturated heterocycles. The molecule has 1 aromatic heterocycles. The summed E-state index contributed by atoms with van der Waals surface area (Å²) in [5.74, 6) is -1.98. The number of pyridine rings is 1. The minimum atomic E-state index is -1.02. The van der Waals surface area contributed by atoms with Gasteiger partial charge in [0.25, 0.3) is 5.56 Å². The third-order valence-corrected chi connectivity index (χ3v) is 3.41. The van der Waals surface area contributed by atoms with Gasteiger partial charge in [0.15, 0.2) is 11.6 Å². The summed E-state index contributed by atoms with van der Waals surface area (Å²) in [4.78, 5) is 14.6. The Balaban J connectivity index is 2.42. The fourth-order valence-corrected chi connectivity index (χ4v) is 2.49. The lowest BCUT2D eigenvalue weighted by molar-refractivity contribution is 0.0819. The predicted molar refractivity (Wildman–Crippen MR) is 65.9 cm³/mol. The van der Waals surface area contributed by atoms with Crippen molar-refractivity contribution in [3.05, 3.63) is 45.4 Å². The molecular formula is C13H12F2N2O2. The fraction of sp³-hybridized carbons (Fsp3) is 0.308. The Morgan fingerprint density at radius 2 is 2.00 bits per heavy atom. The highest BCUT2D eigenvalue weighted by molar-refractivity contribution is 5.86. The normalized spacial score (nSPS) is 18.6. The highest BCUT2D eigenvalue weighted by Crippen LogP contribution is 2.30. The summed E-state index contributed by atoms with van der Waals surface area (Å²) < 4.78 is 32.1. The van der Waals surface area contributed by atoms with Crippen LogP contribution in [0.4, 0.5) is 8.78 Å². The molecule has 2 N–H and O–H groups in total. The maximum Gasteiger partial charge on any atom is 0.256 e. The van der Waals surface area contributed by atoms with E-state index in [1.165, 1.54) is 0 Å². The number of H-pyrrole nitrogens is 1. The first-order chi connectivity index (χ1) is 9.11. The standard InChI is InChI=1S/C13H12F2N2O2/c1-16-10-4-19-5-11-12(10)6-2-8(14)9(15)3-7(6)13(18)17-11/h2-3,10,16H,4-5H2,1H3,(H,17,18)/t10-/m1/s1. The van der Waals surface area contributed by atoms with E-state index >= 15 is 0 Å². The van der Waals surface area contributed by atoms with Crippen LogP contribution < -0.4 is 10.9 Å². The van der Waals surface area contributed by atoms with E-state index in [-0.39, 0.29) is 18.0 Å². The number of hydrogen-bond acceptors (Lipinski definition) is 3. The average Bonchev–Trinajstić information content (AvgIpc) is 2.40. The Morgan fingerprint density at radius 1 is 1.32 bits per heavy atom. The van der Waals surface area contributed by atoms with Gasteiger partial charge in [-0.05, 0) is 24.6 Å². The van der Waals surface area contributed by atoms with E-state index in [1.54, 1.807) is 7.05 Å². The quantitative estimate of drug-likeness (QED) is 0.824. The number of rotatable bonds is 1. The van der Waals surface area contributed by atoms with E-state index in [0.29, 0.717) is 17.7 Å². The number of halogens is 2. The van der Waals surface area contributed by atoms with E-state index in [9.17, 15) is 13.6 Å². The number of hydrogen-bond donors (Lipinski definition) is 2. The molecule has 6 heteroatoms. The van der Waals surface area contributed by atoms with Gasteiger partial charge in [-0.2, -0.15) is 0 Å². The van der Waals surface area contributed by atoms with Gasteiger partial charge < -0.3 is 15.0 Å². The van der Waals surface area contributed by atoms with Crippen LogP contribution in [-0.2, 0) is 11.3 Å². The summed E-state index contributed by atoms with van der Waals surface area (Å²) in [5, 5.41) is 3.63. The molecule has 0 radical (unpaired) electrons. The van der Waals surface area contributed by atoms with Crippen molar-refractivity contribution in [1.82, 2.24) is 10.3 Å². The lowest BCUT2D eigenvalue weighted by Gasteiger charge is -2.26. The largest absolute Gasteiger partial charge is 0.373 e. The first kappa shape index (κ1) is 12.3. The number of fused-ring (bicyclic) bond motifs is 3. The van der Waals surface area contributed by atoms with Gasteiger partial charge in [0.1, 0.15) is 0 Å². The van der Waals surface area contributed by atoms with Crippen molar-refractivity contribution in [3.63, 3.8) is 0 Å². The Kier molecular flexibility index (Phi) is 2.83. The highest BCUT2D eigenvalue weighted by atomic mass is 19.2. The lowest BCUT2D eigenvalue weighted by Crippen LogP contribution is -2.30. The molecule has 100 valence electrons. The summed E-state index contributed by atoms with van der Waals surface area (Å²) in [6.07, 6.45) is 0. The molecule has 4 nitrogen and oxygen atoms in total. The summed E-state index contributed by atoms with van der Waals surface area (Å²) in [7, 11) is 1.75. The van der Waals surface area contributed by atoms with Crippen LogP contribution in [0.3, 0.4) is 0 Å². The Labute approximate surface area is 107 Å². The molecule has 0 spiro atoms. The summed E-state index contributed by atoms with van der Waals surface area (Å²) >= 11 is 0. The molecule has 0 amide bonds. The number of likely N-dealkylation sites (N-methyl/N-ethyl adjacent to an activating group) is 1. The number of ether oxygens (including phenoxy) is 1. The van der Waals surface area contributed by atoms with Gasteiger partial charge in [-0.25, -0.2) is 8.78 Å². The van der Waals surface area contributed by atoms with Gasteiger partial charge in [-0.1, -0.05) is 0 Å². The van der Waals surface area contributed by atoms with Crippen LogP contribution in [0.1, 0.15) is 17.3 Å². The van der Waals surface area contributed by atoms with Crippen molar-refractivity contribution in [3.8, 4) is 0 Å². The van der Waals surface area contributed by atoms with Crippen molar-refractivity contribution in [2.45, 2.75) is 12.6 Å². The van der Waals surface area contributed by atoms with Gasteiger partial charge in [-0.15, -0.1) is 0 Å². The van der Waals surface area contributed by atoms with Crippen molar-refractivity contribution in [2.75, 3.05) is 13.7 Å². The molecule has 0 fully saturated rings. The second-order valence-electron chi connectivity index (χ2n) is 4.51. The van der Waals surface area contributed by atoms with Crippen LogP contribution >= 0.6 is 0 Å². The van der Waals surface area contributed by atoms with Gasteiger partial charge in [0.2, 0.25) is 0 Å². The zero-order valence-corrected chi connectivity index (χ0v) is 10.2. The minimum absolute atomic E-state index is 0.153. The Bertz CT molecular complexity index is 712. The molecule has 1 aliphatic heterocycles. The SMILES string of the molecule is CN[C@@H]1COCc2[nH]c(=O)c3cc(F)c(F)cc3c21. The first-order valence-corrected chi connectivity index (χ1v) is 5.90. The Morgan fingerprint density at radius 3 is 2.68 bits per heavy atom. The second-order valence-corrected chi connectivity index (χ2v) is 4.51. The molecule has 0 unspecified atom stereocenters. The van der Waals surface area contributed by atoms with Gasteiger partial charge in [0, 0.05) is 11.3 Å². The maximum absolute atomic E-state index is 13.4. The Hall–Kier alpha value is -1.79. The first-order valence-electron chi connectivity index (χ1n) is 5.90.